The summed E-state index contributed by atoms with van der Waals surface area (Å²) in [6.45, 7) is 5.71. The average Bonchev–Trinajstić information content (AvgIpc) is 3.71. The molecule has 0 radical (unpaired) electrons. The SMILES string of the molecule is COc1ccc(C(=O)Nc2ccc(CN3C(=O)[C@@]4(O[C@@H](CCn5cc(CCO)nn5)[C@H](C(C)(C)F)[C@H]4C)c4ccccc43)cc2)cc1. The highest BCUT2D eigenvalue weighted by atomic mass is 19.1. The average molecular weight is 642 g/mol. The fraction of sp³-hybridized carbons (Fsp3) is 0.389. The zero-order chi connectivity index (χ0) is 33.3. The number of nitrogens with zero attached hydrogens (tertiary/aromatic N) is 4. The molecule has 1 fully saturated rings. The van der Waals surface area contributed by atoms with Crippen LogP contribution in [-0.2, 0) is 34.6 Å². The number of aliphatic hydroxyl groups excluding tert-OH is 1. The Hall–Kier alpha value is -4.61. The molecule has 0 aliphatic carbocycles. The molecule has 1 saturated heterocycles. The van der Waals surface area contributed by atoms with E-state index in [1.165, 1.54) is 0 Å². The molecule has 1 aromatic heterocycles. The summed E-state index contributed by atoms with van der Waals surface area (Å²) in [6.07, 6.45) is 2.06. The Kier molecular flexibility index (Phi) is 8.86. The Morgan fingerprint density at radius 2 is 1.83 bits per heavy atom. The number of hydrogen-bond donors (Lipinski definition) is 2. The van der Waals surface area contributed by atoms with Crippen LogP contribution in [0.5, 0.6) is 5.75 Å². The maximum atomic E-state index is 16.0. The number of hydrogen-bond acceptors (Lipinski definition) is 7. The zero-order valence-electron chi connectivity index (χ0n) is 27.0. The number of methoxy groups -OCH3 is 1. The Morgan fingerprint density at radius 3 is 2.51 bits per heavy atom. The van der Waals surface area contributed by atoms with E-state index in [1.54, 1.807) is 61.0 Å². The molecule has 2 N–H and O–H groups in total. The summed E-state index contributed by atoms with van der Waals surface area (Å²) in [5, 5.41) is 20.4. The molecule has 2 aliphatic heterocycles. The van der Waals surface area contributed by atoms with E-state index in [9.17, 15) is 14.7 Å². The van der Waals surface area contributed by atoms with Crippen LogP contribution >= 0.6 is 0 Å². The second-order valence-electron chi connectivity index (χ2n) is 12.8. The van der Waals surface area contributed by atoms with Gasteiger partial charge in [-0.25, -0.2) is 4.39 Å². The van der Waals surface area contributed by atoms with E-state index in [1.807, 2.05) is 55.5 Å². The second kappa shape index (κ2) is 12.9. The lowest BCUT2D eigenvalue weighted by atomic mass is 9.71. The third kappa shape index (κ3) is 6.13. The fourth-order valence-electron chi connectivity index (χ4n) is 7.19. The smallest absolute Gasteiger partial charge is 0.264 e. The molecule has 3 aromatic carbocycles. The summed E-state index contributed by atoms with van der Waals surface area (Å²) < 4.78 is 29.6. The van der Waals surface area contributed by atoms with E-state index >= 15 is 4.39 Å². The number of benzene rings is 3. The van der Waals surface area contributed by atoms with E-state index < -0.39 is 29.2 Å². The molecule has 6 rings (SSSR count). The summed E-state index contributed by atoms with van der Waals surface area (Å²) in [6, 6.07) is 21.8. The molecule has 0 bridgehead atoms. The van der Waals surface area contributed by atoms with Crippen LogP contribution in [0, 0.1) is 11.8 Å². The molecular weight excluding hydrogens is 601 g/mol. The number of halogens is 1. The molecule has 246 valence electrons. The van der Waals surface area contributed by atoms with Gasteiger partial charge in [0.1, 0.15) is 11.4 Å². The minimum absolute atomic E-state index is 0.0219. The first-order valence-corrected chi connectivity index (χ1v) is 15.9. The number of rotatable bonds is 11. The van der Waals surface area contributed by atoms with Gasteiger partial charge in [-0.2, -0.15) is 0 Å². The van der Waals surface area contributed by atoms with Crippen molar-refractivity contribution in [3.8, 4) is 5.75 Å². The Balaban J connectivity index is 1.22. The maximum absolute atomic E-state index is 16.0. The number of anilines is 2. The third-order valence-corrected chi connectivity index (χ3v) is 9.37. The fourth-order valence-corrected chi connectivity index (χ4v) is 7.19. The standard InChI is InChI=1S/C36H40FN5O5/c1-23-32(35(2,3)37)31(17-19-41-22-27(18-20-43)39-40-41)47-36(23)29-7-5-6-8-30(29)42(34(36)45)21-24-9-13-26(14-10-24)38-33(44)25-11-15-28(46-4)16-12-25/h5-16,22-23,31-32,43H,17-21H2,1-4H3,(H,38,44)/t23-,31+,32-,36+/m1/s1. The highest BCUT2D eigenvalue weighted by Crippen LogP contribution is 2.58. The van der Waals surface area contributed by atoms with Gasteiger partial charge in [0.15, 0.2) is 5.60 Å². The molecule has 2 aliphatic rings. The van der Waals surface area contributed by atoms with Gasteiger partial charge in [-0.3, -0.25) is 14.3 Å². The van der Waals surface area contributed by atoms with Crippen molar-refractivity contribution in [1.29, 1.82) is 0 Å². The van der Waals surface area contributed by atoms with Crippen molar-refractivity contribution < 1.29 is 28.6 Å². The molecule has 47 heavy (non-hydrogen) atoms. The van der Waals surface area contributed by atoms with Gasteiger partial charge in [-0.05, 0) is 68.3 Å². The monoisotopic (exact) mass is 641 g/mol. The molecule has 3 heterocycles. The van der Waals surface area contributed by atoms with Crippen LogP contribution in [0.1, 0.15) is 54.4 Å². The number of carbonyl (C=O) groups excluding carboxylic acids is 2. The van der Waals surface area contributed by atoms with Crippen LogP contribution in [0.2, 0.25) is 0 Å². The van der Waals surface area contributed by atoms with Gasteiger partial charge in [0, 0.05) is 54.4 Å². The van der Waals surface area contributed by atoms with E-state index in [0.717, 1.165) is 16.8 Å². The van der Waals surface area contributed by atoms with Crippen molar-refractivity contribution in [3.63, 3.8) is 0 Å². The molecule has 2 amide bonds. The van der Waals surface area contributed by atoms with Gasteiger partial charge < -0.3 is 24.8 Å². The summed E-state index contributed by atoms with van der Waals surface area (Å²) >= 11 is 0. The topological polar surface area (TPSA) is 119 Å². The first-order chi connectivity index (χ1) is 22.5. The van der Waals surface area contributed by atoms with Gasteiger partial charge in [-0.15, -0.1) is 5.10 Å². The first-order valence-electron chi connectivity index (χ1n) is 15.9. The summed E-state index contributed by atoms with van der Waals surface area (Å²) in [5.41, 5.74) is 1.19. The largest absolute Gasteiger partial charge is 0.497 e. The number of aryl methyl sites for hydroxylation is 1. The van der Waals surface area contributed by atoms with Crippen LogP contribution in [0.3, 0.4) is 0 Å². The summed E-state index contributed by atoms with van der Waals surface area (Å²) in [4.78, 5) is 29.0. The highest BCUT2D eigenvalue weighted by Gasteiger charge is 2.66. The molecule has 11 heteroatoms. The molecule has 4 atom stereocenters. The van der Waals surface area contributed by atoms with Crippen molar-refractivity contribution >= 4 is 23.2 Å². The van der Waals surface area contributed by atoms with E-state index in [0.29, 0.717) is 42.1 Å². The van der Waals surface area contributed by atoms with Gasteiger partial charge in [0.2, 0.25) is 0 Å². The van der Waals surface area contributed by atoms with Gasteiger partial charge in [0.05, 0.1) is 31.1 Å². The Labute approximate surface area is 273 Å². The molecule has 0 unspecified atom stereocenters. The molecule has 10 nitrogen and oxygen atoms in total. The minimum Gasteiger partial charge on any atom is -0.497 e. The van der Waals surface area contributed by atoms with Crippen LogP contribution in [0.4, 0.5) is 15.8 Å². The number of aromatic nitrogens is 3. The maximum Gasteiger partial charge on any atom is 0.264 e. The van der Waals surface area contributed by atoms with Crippen molar-refractivity contribution in [2.75, 3.05) is 23.9 Å². The van der Waals surface area contributed by atoms with Crippen molar-refractivity contribution in [2.45, 2.75) is 64.1 Å². The quantitative estimate of drug-likeness (QED) is 0.228. The van der Waals surface area contributed by atoms with E-state index in [-0.39, 0.29) is 25.0 Å². The predicted octanol–water partition coefficient (Wildman–Crippen LogP) is 5.31. The lowest BCUT2D eigenvalue weighted by Gasteiger charge is -2.32. The number of ether oxygens (including phenoxy) is 2. The molecule has 0 saturated carbocycles. The van der Waals surface area contributed by atoms with Crippen molar-refractivity contribution in [1.82, 2.24) is 15.0 Å². The third-order valence-electron chi connectivity index (χ3n) is 9.37. The summed E-state index contributed by atoms with van der Waals surface area (Å²) in [7, 11) is 1.57. The normalized spacial score (nSPS) is 22.1. The lowest BCUT2D eigenvalue weighted by molar-refractivity contribution is -0.146. The van der Waals surface area contributed by atoms with Gasteiger partial charge in [-0.1, -0.05) is 42.5 Å². The van der Waals surface area contributed by atoms with Crippen LogP contribution in [0.25, 0.3) is 0 Å². The predicted molar refractivity (Wildman–Crippen MR) is 175 cm³/mol. The molecule has 4 aromatic rings. The second-order valence-corrected chi connectivity index (χ2v) is 12.8. The number of amides is 2. The van der Waals surface area contributed by atoms with Crippen LogP contribution in [-0.4, -0.2) is 57.4 Å². The van der Waals surface area contributed by atoms with Crippen molar-refractivity contribution in [2.24, 2.45) is 11.8 Å². The Bertz CT molecular complexity index is 1740. The Morgan fingerprint density at radius 1 is 1.11 bits per heavy atom. The number of alkyl halides is 1. The summed E-state index contributed by atoms with van der Waals surface area (Å²) in [5.74, 6) is -0.808. The highest BCUT2D eigenvalue weighted by molar-refractivity contribution is 6.07. The number of nitrogens with one attached hydrogen (secondary N) is 1. The van der Waals surface area contributed by atoms with Crippen molar-refractivity contribution in [3.05, 3.63) is 101 Å². The molecular formula is C36H40FN5O5. The number of carbonyl (C=O) groups is 2. The van der Waals surface area contributed by atoms with E-state index in [4.69, 9.17) is 9.47 Å². The minimum atomic E-state index is -1.62. The molecule has 1 spiro atoms. The van der Waals surface area contributed by atoms with Gasteiger partial charge >= 0.3 is 0 Å². The van der Waals surface area contributed by atoms with Gasteiger partial charge in [0.25, 0.3) is 11.8 Å². The van der Waals surface area contributed by atoms with E-state index in [2.05, 4.69) is 15.6 Å². The first kappa shape index (κ1) is 32.3. The van der Waals surface area contributed by atoms with Crippen LogP contribution in [0.15, 0.2) is 79.0 Å². The van der Waals surface area contributed by atoms with Crippen LogP contribution < -0.4 is 15.0 Å². The number of aliphatic hydroxyl groups is 1. The number of para-hydroxylation sites is 1. The number of fused-ring (bicyclic) bond motifs is 2. The zero-order valence-corrected chi connectivity index (χ0v) is 27.0. The lowest BCUT2D eigenvalue weighted by Crippen LogP contribution is -2.45.